The monoisotopic (exact) mass is 664 g/mol. The van der Waals surface area contributed by atoms with Gasteiger partial charge in [0.2, 0.25) is 0 Å². The van der Waals surface area contributed by atoms with Crippen LogP contribution >= 0.6 is 33.4 Å². The normalized spacial score (nSPS) is 16.1. The number of anilines is 1. The Hall–Kier alpha value is -3.75. The first-order valence-electron chi connectivity index (χ1n) is 11.2. The fourth-order valence-electron chi connectivity index (χ4n) is 3.99. The van der Waals surface area contributed by atoms with Gasteiger partial charge in [-0.15, -0.1) is 0 Å². The van der Waals surface area contributed by atoms with Gasteiger partial charge in [-0.05, 0) is 42.7 Å². The molecule has 3 aromatic rings. The largest absolute Gasteiger partial charge is 0.481 e. The number of benzene rings is 2. The van der Waals surface area contributed by atoms with Crippen LogP contribution in [-0.4, -0.2) is 26.9 Å². The van der Waals surface area contributed by atoms with Gasteiger partial charge in [-0.25, -0.2) is 9.48 Å². The second-order valence-electron chi connectivity index (χ2n) is 9.06. The van der Waals surface area contributed by atoms with E-state index in [9.17, 15) is 52.6 Å². The Morgan fingerprint density at radius 1 is 1.07 bits per heavy atom. The minimum absolute atomic E-state index is 0.0460. The van der Waals surface area contributed by atoms with Crippen LogP contribution in [0, 0.1) is 11.3 Å². The number of aliphatic carboxylic acids is 1. The number of aromatic nitrogens is 2. The summed E-state index contributed by atoms with van der Waals surface area (Å²) in [5, 5.41) is 22.7. The van der Waals surface area contributed by atoms with Crippen LogP contribution in [0.5, 0.6) is 0 Å². The molecule has 0 saturated heterocycles. The Bertz CT molecular complexity index is 1670. The minimum Gasteiger partial charge on any atom is -0.481 e. The molecular formula is C23H14Cl2F8N4O4S. The molecule has 1 amide bonds. The molecule has 0 bridgehead atoms. The van der Waals surface area contributed by atoms with Crippen molar-refractivity contribution in [3.63, 3.8) is 0 Å². The Morgan fingerprint density at radius 2 is 1.67 bits per heavy atom. The van der Waals surface area contributed by atoms with Gasteiger partial charge in [0.25, 0.3) is 0 Å². The van der Waals surface area contributed by atoms with Crippen molar-refractivity contribution in [1.29, 1.82) is 5.26 Å². The van der Waals surface area contributed by atoms with Crippen LogP contribution in [0.3, 0.4) is 0 Å². The van der Waals surface area contributed by atoms with Gasteiger partial charge in [0.15, 0.2) is 5.69 Å². The molecule has 19 heteroatoms. The number of nitrogens with one attached hydrogen (secondary N) is 1. The highest BCUT2D eigenvalue weighted by molar-refractivity contribution is 8.45. The smallest absolute Gasteiger partial charge is 0.416 e. The Balaban J connectivity index is 1.76. The first-order valence-corrected chi connectivity index (χ1v) is 13.9. The summed E-state index contributed by atoms with van der Waals surface area (Å²) >= 11 is 11.5. The van der Waals surface area contributed by atoms with Crippen LogP contribution in [0.4, 0.5) is 43.2 Å². The number of carboxylic acid groups (broad SMARTS) is 1. The Kier molecular flexibility index (Phi) is 6.96. The van der Waals surface area contributed by atoms with Gasteiger partial charge < -0.3 is 9.84 Å². The summed E-state index contributed by atoms with van der Waals surface area (Å²) < 4.78 is 111. The van der Waals surface area contributed by atoms with Gasteiger partial charge in [-0.3, -0.25) is 10.1 Å². The van der Waals surface area contributed by atoms with E-state index in [-0.39, 0.29) is 30.0 Å². The lowest BCUT2D eigenvalue weighted by atomic mass is 9.95. The molecule has 226 valence electrons. The summed E-state index contributed by atoms with van der Waals surface area (Å²) in [4.78, 5) is 22.2. The van der Waals surface area contributed by atoms with Crippen molar-refractivity contribution in [1.82, 2.24) is 9.78 Å². The number of amides is 1. The van der Waals surface area contributed by atoms with E-state index >= 15 is 0 Å². The highest BCUT2D eigenvalue weighted by atomic mass is 35.5. The van der Waals surface area contributed by atoms with E-state index in [1.54, 1.807) is 6.07 Å². The Labute approximate surface area is 240 Å². The van der Waals surface area contributed by atoms with Gasteiger partial charge in [0, 0.05) is 0 Å². The van der Waals surface area contributed by atoms with Gasteiger partial charge >= 0.3 is 28.5 Å². The molecule has 0 aliphatic heterocycles. The first kappa shape index (κ1) is 31.2. The molecule has 0 spiro atoms. The Morgan fingerprint density at radius 3 is 2.14 bits per heavy atom. The van der Waals surface area contributed by atoms with Crippen molar-refractivity contribution in [2.45, 2.75) is 35.9 Å². The zero-order valence-electron chi connectivity index (χ0n) is 20.3. The van der Waals surface area contributed by atoms with Gasteiger partial charge in [0.05, 0.1) is 32.3 Å². The van der Waals surface area contributed by atoms with E-state index in [1.807, 2.05) is 0 Å². The average Bonchev–Trinajstić information content (AvgIpc) is 3.59. The van der Waals surface area contributed by atoms with Gasteiger partial charge in [-0.2, -0.15) is 23.5 Å². The van der Waals surface area contributed by atoms with Gasteiger partial charge in [0.1, 0.15) is 23.4 Å². The zero-order chi connectivity index (χ0) is 31.5. The summed E-state index contributed by atoms with van der Waals surface area (Å²) in [5.74, 6) is -2.05. The van der Waals surface area contributed by atoms with E-state index in [0.717, 1.165) is 24.3 Å². The lowest BCUT2D eigenvalue weighted by Gasteiger charge is -2.41. The molecule has 0 radical (unpaired) electrons. The summed E-state index contributed by atoms with van der Waals surface area (Å²) in [5.41, 5.74) is -4.25. The van der Waals surface area contributed by atoms with E-state index in [1.165, 1.54) is 0 Å². The average molecular weight is 665 g/mol. The molecule has 0 unspecified atom stereocenters. The summed E-state index contributed by atoms with van der Waals surface area (Å²) in [6, 6.07) is 5.45. The number of carboxylic acids is 1. The topological polar surface area (TPSA) is 117 Å². The first-order chi connectivity index (χ1) is 19.1. The zero-order valence-corrected chi connectivity index (χ0v) is 22.6. The maximum atomic E-state index is 13.5. The van der Waals surface area contributed by atoms with Crippen molar-refractivity contribution >= 4 is 51.3 Å². The van der Waals surface area contributed by atoms with E-state index in [0.29, 0.717) is 10.7 Å². The second kappa shape index (κ2) is 9.38. The third-order valence-corrected chi connectivity index (χ3v) is 8.33. The maximum absolute atomic E-state index is 13.5. The van der Waals surface area contributed by atoms with Crippen molar-refractivity contribution in [2.24, 2.45) is 0 Å². The number of carbonyl (C=O) groups excluding carboxylic acids is 1. The molecule has 1 aliphatic rings. The van der Waals surface area contributed by atoms with Crippen LogP contribution in [0.25, 0.3) is 5.69 Å². The number of rotatable bonds is 7. The third kappa shape index (κ3) is 5.92. The van der Waals surface area contributed by atoms with Crippen molar-refractivity contribution in [3.05, 3.63) is 68.8 Å². The highest BCUT2D eigenvalue weighted by Gasteiger charge is 2.67. The SMILES string of the molecule is N#Cc1nn(-c2ccc(S(F)(F)(F)(F)F)c(Cl)c2Cl)c(NC(=O)OCc2ccc(C(F)(F)F)cc2)c1C1(C(=O)O)CC1. The number of alkyl halides is 3. The summed E-state index contributed by atoms with van der Waals surface area (Å²) in [6.07, 6.45) is -6.06. The van der Waals surface area contributed by atoms with Crippen molar-refractivity contribution in [2.75, 3.05) is 5.32 Å². The predicted octanol–water partition coefficient (Wildman–Crippen LogP) is 8.59. The van der Waals surface area contributed by atoms with Crippen LogP contribution < -0.4 is 5.32 Å². The van der Waals surface area contributed by atoms with Crippen LogP contribution in [-0.2, 0) is 27.7 Å². The molecule has 2 aromatic carbocycles. The molecular weight excluding hydrogens is 651 g/mol. The van der Waals surface area contributed by atoms with Crippen molar-refractivity contribution < 1.29 is 52.0 Å². The molecule has 4 rings (SSSR count). The van der Waals surface area contributed by atoms with Crippen molar-refractivity contribution in [3.8, 4) is 11.8 Å². The predicted molar refractivity (Wildman–Crippen MR) is 133 cm³/mol. The lowest BCUT2D eigenvalue weighted by molar-refractivity contribution is -0.140. The summed E-state index contributed by atoms with van der Waals surface area (Å²) in [7, 11) is -10.3. The number of hydrogen-bond donors (Lipinski definition) is 2. The van der Waals surface area contributed by atoms with Gasteiger partial charge in [-0.1, -0.05) is 54.8 Å². The van der Waals surface area contributed by atoms with Crippen LogP contribution in [0.2, 0.25) is 10.0 Å². The molecule has 42 heavy (non-hydrogen) atoms. The number of nitrogens with zero attached hydrogens (tertiary/aromatic N) is 3. The lowest BCUT2D eigenvalue weighted by Crippen LogP contribution is -2.24. The van der Waals surface area contributed by atoms with E-state index < -0.39 is 78.2 Å². The molecule has 0 atom stereocenters. The van der Waals surface area contributed by atoms with E-state index in [2.05, 4.69) is 10.4 Å². The number of carbonyl (C=O) groups is 2. The van der Waals surface area contributed by atoms with Crippen LogP contribution in [0.1, 0.15) is 35.2 Å². The van der Waals surface area contributed by atoms with Crippen LogP contribution in [0.15, 0.2) is 41.3 Å². The second-order valence-corrected chi connectivity index (χ2v) is 12.2. The molecule has 2 N–H and O–H groups in total. The number of hydrogen-bond acceptors (Lipinski definition) is 5. The fraction of sp³-hybridized carbons (Fsp3) is 0.217. The molecule has 1 fully saturated rings. The highest BCUT2D eigenvalue weighted by Crippen LogP contribution is 3.02. The summed E-state index contributed by atoms with van der Waals surface area (Å²) in [6.45, 7) is -0.589. The number of ether oxygens (including phenoxy) is 1. The maximum Gasteiger partial charge on any atom is 0.416 e. The van der Waals surface area contributed by atoms with E-state index in [4.69, 9.17) is 27.9 Å². The fourth-order valence-corrected chi connectivity index (χ4v) is 5.65. The molecule has 1 aliphatic carbocycles. The third-order valence-electron chi connectivity index (χ3n) is 6.17. The minimum atomic E-state index is -10.3. The number of halogens is 10. The molecule has 1 heterocycles. The number of nitriles is 1. The standard InChI is InChI=1S/C23H14Cl2F8N4O4S/c24-17-14(5-6-15(18(17)25)42(29,30,31,32)33)37-19(16(13(9-34)36-37)22(7-8-22)20(38)39)35-21(40)41-10-11-1-3-12(4-2-11)23(26,27)28/h1-6H,7-8,10H2,(H,35,40)(H,38,39). The molecule has 1 saturated carbocycles. The quantitative estimate of drug-likeness (QED) is 0.244. The molecule has 8 nitrogen and oxygen atoms in total. The molecule has 1 aromatic heterocycles.